The molecule has 1 aromatic carbocycles. The summed E-state index contributed by atoms with van der Waals surface area (Å²) in [7, 11) is 0. The van der Waals surface area contributed by atoms with Crippen molar-refractivity contribution in [3.63, 3.8) is 0 Å². The van der Waals surface area contributed by atoms with Gasteiger partial charge in [-0.25, -0.2) is 0 Å². The van der Waals surface area contributed by atoms with Crippen molar-refractivity contribution in [1.82, 2.24) is 0 Å². The summed E-state index contributed by atoms with van der Waals surface area (Å²) in [6.07, 6.45) is 0. The Morgan fingerprint density at radius 1 is 1.35 bits per heavy atom. The van der Waals surface area contributed by atoms with Crippen molar-refractivity contribution in [3.05, 3.63) is 51.7 Å². The normalized spacial score (nSPS) is 12.4. The first kappa shape index (κ1) is 12.1. The van der Waals surface area contributed by atoms with Crippen molar-refractivity contribution in [2.24, 2.45) is 5.73 Å². The summed E-state index contributed by atoms with van der Waals surface area (Å²) in [5, 5.41) is 4.24. The van der Waals surface area contributed by atoms with Crippen LogP contribution in [0.5, 0.6) is 5.75 Å². The van der Waals surface area contributed by atoms with E-state index in [4.69, 9.17) is 10.5 Å². The van der Waals surface area contributed by atoms with E-state index in [0.717, 1.165) is 11.3 Å². The van der Waals surface area contributed by atoms with Crippen molar-refractivity contribution in [2.45, 2.75) is 19.9 Å². The van der Waals surface area contributed by atoms with Crippen LogP contribution in [0.1, 0.15) is 29.7 Å². The summed E-state index contributed by atoms with van der Waals surface area (Å²) < 4.78 is 5.49. The number of ether oxygens (including phenoxy) is 1. The Morgan fingerprint density at radius 2 is 2.18 bits per heavy atom. The van der Waals surface area contributed by atoms with E-state index in [2.05, 4.69) is 17.7 Å². The van der Waals surface area contributed by atoms with Gasteiger partial charge in [0.1, 0.15) is 5.75 Å². The maximum Gasteiger partial charge on any atom is 0.119 e. The molecule has 0 aliphatic rings. The van der Waals surface area contributed by atoms with E-state index in [1.54, 1.807) is 11.3 Å². The molecule has 2 N–H and O–H groups in total. The van der Waals surface area contributed by atoms with Gasteiger partial charge >= 0.3 is 0 Å². The molecule has 2 aromatic rings. The molecule has 0 saturated heterocycles. The van der Waals surface area contributed by atoms with E-state index >= 15 is 0 Å². The zero-order valence-corrected chi connectivity index (χ0v) is 11.0. The van der Waals surface area contributed by atoms with Gasteiger partial charge in [0.2, 0.25) is 0 Å². The Labute approximate surface area is 106 Å². The lowest BCUT2D eigenvalue weighted by atomic mass is 9.99. The second-order valence-corrected chi connectivity index (χ2v) is 4.74. The largest absolute Gasteiger partial charge is 0.494 e. The fraction of sp³-hybridized carbons (Fsp3) is 0.286. The Kier molecular flexibility index (Phi) is 3.82. The first-order chi connectivity index (χ1) is 8.22. The van der Waals surface area contributed by atoms with E-state index in [-0.39, 0.29) is 6.04 Å². The van der Waals surface area contributed by atoms with Crippen LogP contribution in [0.2, 0.25) is 0 Å². The monoisotopic (exact) mass is 247 g/mol. The quantitative estimate of drug-likeness (QED) is 0.897. The molecule has 90 valence electrons. The smallest absolute Gasteiger partial charge is 0.119 e. The summed E-state index contributed by atoms with van der Waals surface area (Å²) in [6.45, 7) is 4.75. The fourth-order valence-corrected chi connectivity index (χ4v) is 2.72. The third-order valence-electron chi connectivity index (χ3n) is 2.76. The Hall–Kier alpha value is -1.32. The highest BCUT2D eigenvalue weighted by molar-refractivity contribution is 7.08. The molecule has 0 aliphatic heterocycles. The fourth-order valence-electron chi connectivity index (χ4n) is 1.83. The van der Waals surface area contributed by atoms with E-state index in [1.807, 2.05) is 31.2 Å². The van der Waals surface area contributed by atoms with Gasteiger partial charge in [-0.2, -0.15) is 11.3 Å². The minimum absolute atomic E-state index is 0.0679. The number of nitrogens with two attached hydrogens (primary N) is 1. The van der Waals surface area contributed by atoms with Crippen LogP contribution in [0.25, 0.3) is 0 Å². The zero-order valence-electron chi connectivity index (χ0n) is 10.1. The van der Waals surface area contributed by atoms with Gasteiger partial charge in [-0.3, -0.25) is 0 Å². The molecule has 0 bridgehead atoms. The second kappa shape index (κ2) is 5.34. The van der Waals surface area contributed by atoms with Crippen molar-refractivity contribution in [1.29, 1.82) is 0 Å². The van der Waals surface area contributed by atoms with E-state index in [9.17, 15) is 0 Å². The molecular formula is C14H17NOS. The topological polar surface area (TPSA) is 35.2 Å². The lowest BCUT2D eigenvalue weighted by molar-refractivity contribution is 0.340. The van der Waals surface area contributed by atoms with Gasteiger partial charge in [-0.1, -0.05) is 12.1 Å². The van der Waals surface area contributed by atoms with Gasteiger partial charge < -0.3 is 10.5 Å². The zero-order chi connectivity index (χ0) is 12.3. The Morgan fingerprint density at radius 3 is 2.82 bits per heavy atom. The van der Waals surface area contributed by atoms with Gasteiger partial charge in [0.05, 0.1) is 12.6 Å². The molecule has 0 fully saturated rings. The molecule has 0 spiro atoms. The molecule has 1 aromatic heterocycles. The van der Waals surface area contributed by atoms with E-state index in [0.29, 0.717) is 6.61 Å². The minimum Gasteiger partial charge on any atom is -0.494 e. The molecule has 17 heavy (non-hydrogen) atoms. The number of aryl methyl sites for hydroxylation is 1. The summed E-state index contributed by atoms with van der Waals surface area (Å²) in [5.74, 6) is 0.883. The second-order valence-electron chi connectivity index (χ2n) is 3.99. The van der Waals surface area contributed by atoms with E-state index in [1.165, 1.54) is 11.1 Å². The summed E-state index contributed by atoms with van der Waals surface area (Å²) in [4.78, 5) is 0. The van der Waals surface area contributed by atoms with Gasteiger partial charge in [-0.05, 0) is 53.4 Å². The number of thiophene rings is 1. The summed E-state index contributed by atoms with van der Waals surface area (Å²) in [5.41, 5.74) is 9.82. The number of rotatable bonds is 4. The molecule has 0 radical (unpaired) electrons. The van der Waals surface area contributed by atoms with Crippen LogP contribution in [0.4, 0.5) is 0 Å². The van der Waals surface area contributed by atoms with Crippen LogP contribution in [-0.4, -0.2) is 6.61 Å². The summed E-state index contributed by atoms with van der Waals surface area (Å²) in [6, 6.07) is 7.94. The molecule has 1 atom stereocenters. The minimum atomic E-state index is -0.0679. The lowest BCUT2D eigenvalue weighted by Gasteiger charge is -2.13. The molecule has 0 saturated carbocycles. The van der Waals surface area contributed by atoms with Crippen molar-refractivity contribution >= 4 is 11.3 Å². The first-order valence-corrected chi connectivity index (χ1v) is 6.67. The standard InChI is InChI=1S/C14H17NOS/c1-3-16-12-6-4-5-11(7-12)14(15)13-9-17-8-10(13)2/h4-9,14H,3,15H2,1-2H3. The van der Waals surface area contributed by atoms with Crippen LogP contribution in [0.3, 0.4) is 0 Å². The third-order valence-corrected chi connectivity index (χ3v) is 3.64. The van der Waals surface area contributed by atoms with Crippen molar-refractivity contribution in [2.75, 3.05) is 6.61 Å². The highest BCUT2D eigenvalue weighted by Crippen LogP contribution is 2.27. The molecule has 1 unspecified atom stereocenters. The van der Waals surface area contributed by atoms with Crippen LogP contribution in [-0.2, 0) is 0 Å². The van der Waals surface area contributed by atoms with Crippen LogP contribution in [0.15, 0.2) is 35.0 Å². The van der Waals surface area contributed by atoms with Crippen LogP contribution in [0, 0.1) is 6.92 Å². The average Bonchev–Trinajstić information content (AvgIpc) is 2.75. The third kappa shape index (κ3) is 2.68. The van der Waals surface area contributed by atoms with Crippen molar-refractivity contribution in [3.8, 4) is 5.75 Å². The SMILES string of the molecule is CCOc1cccc(C(N)c2cscc2C)c1. The molecular weight excluding hydrogens is 230 g/mol. The molecule has 2 rings (SSSR count). The molecule has 3 heteroatoms. The van der Waals surface area contributed by atoms with Gasteiger partial charge in [0.15, 0.2) is 0 Å². The van der Waals surface area contributed by atoms with E-state index < -0.39 is 0 Å². The maximum absolute atomic E-state index is 6.28. The summed E-state index contributed by atoms with van der Waals surface area (Å²) >= 11 is 1.69. The number of hydrogen-bond acceptors (Lipinski definition) is 3. The first-order valence-electron chi connectivity index (χ1n) is 5.73. The molecule has 0 aliphatic carbocycles. The van der Waals surface area contributed by atoms with Crippen LogP contribution < -0.4 is 10.5 Å². The van der Waals surface area contributed by atoms with Crippen molar-refractivity contribution < 1.29 is 4.74 Å². The highest BCUT2D eigenvalue weighted by atomic mass is 32.1. The number of benzene rings is 1. The molecule has 1 heterocycles. The van der Waals surface area contributed by atoms with Gasteiger partial charge in [0.25, 0.3) is 0 Å². The number of hydrogen-bond donors (Lipinski definition) is 1. The predicted molar refractivity (Wildman–Crippen MR) is 72.7 cm³/mol. The maximum atomic E-state index is 6.28. The average molecular weight is 247 g/mol. The lowest BCUT2D eigenvalue weighted by Crippen LogP contribution is -2.12. The van der Waals surface area contributed by atoms with Crippen LogP contribution >= 0.6 is 11.3 Å². The van der Waals surface area contributed by atoms with Gasteiger partial charge in [0, 0.05) is 0 Å². The predicted octanol–water partition coefficient (Wildman–Crippen LogP) is 3.50. The Balaban J connectivity index is 2.28. The van der Waals surface area contributed by atoms with Gasteiger partial charge in [-0.15, -0.1) is 0 Å². The molecule has 0 amide bonds. The highest BCUT2D eigenvalue weighted by Gasteiger charge is 2.12. The Bertz CT molecular complexity index is 492. The molecule has 2 nitrogen and oxygen atoms in total.